The summed E-state index contributed by atoms with van der Waals surface area (Å²) in [5.41, 5.74) is 0. The summed E-state index contributed by atoms with van der Waals surface area (Å²) >= 11 is 0. The van der Waals surface area contributed by atoms with E-state index in [4.69, 9.17) is 9.47 Å². The zero-order chi connectivity index (χ0) is 16.4. The van der Waals surface area contributed by atoms with Crippen molar-refractivity contribution >= 4 is 6.29 Å². The van der Waals surface area contributed by atoms with E-state index in [1.165, 1.54) is 25.8 Å². The Morgan fingerprint density at radius 2 is 1.82 bits per heavy atom. The molecule has 2 rings (SSSR count). The molecule has 0 bridgehead atoms. The average Bonchev–Trinajstić information content (AvgIpc) is 2.89. The van der Waals surface area contributed by atoms with Crippen LogP contribution in [0.1, 0.15) is 32.6 Å². The molecule has 2 atom stereocenters. The van der Waals surface area contributed by atoms with Gasteiger partial charge >= 0.3 is 0 Å². The van der Waals surface area contributed by atoms with Gasteiger partial charge in [-0.1, -0.05) is 25.5 Å². The molecule has 0 spiro atoms. The first-order valence-corrected chi connectivity index (χ1v) is 7.98. The highest BCUT2D eigenvalue weighted by Gasteiger charge is 2.30. The maximum atomic E-state index is 10.4. The fraction of sp³-hybridized carbons (Fsp3) is 0.611. The molecule has 0 saturated carbocycles. The minimum absolute atomic E-state index is 0.530. The minimum Gasteiger partial charge on any atom is -0.493 e. The number of likely N-dealkylation sites (tertiary alicyclic amines) is 1. The monoisotopic (exact) mass is 307 g/mol. The number of benzene rings is 1. The molecule has 1 aliphatic heterocycles. The molecule has 1 aromatic carbocycles. The van der Waals surface area contributed by atoms with Crippen molar-refractivity contribution in [1.82, 2.24) is 4.90 Å². The van der Waals surface area contributed by atoms with Crippen LogP contribution in [0.25, 0.3) is 0 Å². The summed E-state index contributed by atoms with van der Waals surface area (Å²) in [5.74, 6) is 2.31. The lowest BCUT2D eigenvalue weighted by atomic mass is 9.94. The van der Waals surface area contributed by atoms with Crippen LogP contribution in [0, 0.1) is 5.92 Å². The Kier molecular flexibility index (Phi) is 8.60. The van der Waals surface area contributed by atoms with E-state index in [9.17, 15) is 4.79 Å². The first-order chi connectivity index (χ1) is 10.7. The van der Waals surface area contributed by atoms with Crippen molar-refractivity contribution in [1.29, 1.82) is 0 Å². The third kappa shape index (κ3) is 5.34. The van der Waals surface area contributed by atoms with E-state index >= 15 is 0 Å². The van der Waals surface area contributed by atoms with Crippen molar-refractivity contribution in [3.05, 3.63) is 24.3 Å². The van der Waals surface area contributed by atoms with E-state index in [1.807, 2.05) is 24.3 Å². The van der Waals surface area contributed by atoms with Gasteiger partial charge in [-0.2, -0.15) is 0 Å². The van der Waals surface area contributed by atoms with Crippen LogP contribution >= 0.6 is 0 Å². The van der Waals surface area contributed by atoms with Crippen molar-refractivity contribution in [2.24, 2.45) is 5.92 Å². The van der Waals surface area contributed by atoms with E-state index in [0.29, 0.717) is 6.04 Å². The van der Waals surface area contributed by atoms with Crippen LogP contribution in [-0.4, -0.2) is 45.0 Å². The largest absolute Gasteiger partial charge is 0.493 e. The predicted molar refractivity (Wildman–Crippen MR) is 89.7 cm³/mol. The Morgan fingerprint density at radius 1 is 1.23 bits per heavy atom. The van der Waals surface area contributed by atoms with Gasteiger partial charge in [0, 0.05) is 12.5 Å². The molecule has 0 N–H and O–H groups in total. The Morgan fingerprint density at radius 3 is 2.27 bits per heavy atom. The highest BCUT2D eigenvalue weighted by Crippen LogP contribution is 2.28. The van der Waals surface area contributed by atoms with Gasteiger partial charge < -0.3 is 19.2 Å². The first kappa shape index (κ1) is 18.5. The van der Waals surface area contributed by atoms with E-state index in [0.717, 1.165) is 30.1 Å². The van der Waals surface area contributed by atoms with Gasteiger partial charge in [0.1, 0.15) is 6.29 Å². The Hall–Kier alpha value is -1.55. The molecule has 4 heteroatoms. The van der Waals surface area contributed by atoms with E-state index in [2.05, 4.69) is 18.9 Å². The quantitative estimate of drug-likeness (QED) is 0.755. The summed E-state index contributed by atoms with van der Waals surface area (Å²) in [4.78, 5) is 12.8. The van der Waals surface area contributed by atoms with Crippen LogP contribution < -0.4 is 9.47 Å². The lowest BCUT2D eigenvalue weighted by Crippen LogP contribution is -2.29. The molecule has 0 amide bonds. The molecule has 22 heavy (non-hydrogen) atoms. The molecule has 1 saturated heterocycles. The van der Waals surface area contributed by atoms with E-state index in [1.54, 1.807) is 14.2 Å². The van der Waals surface area contributed by atoms with Crippen LogP contribution in [0.2, 0.25) is 0 Å². The lowest BCUT2D eigenvalue weighted by molar-refractivity contribution is -0.108. The van der Waals surface area contributed by atoms with Crippen LogP contribution in [0.4, 0.5) is 0 Å². The molecule has 0 aromatic heterocycles. The second kappa shape index (κ2) is 10.2. The number of aldehydes is 1. The van der Waals surface area contributed by atoms with Crippen LogP contribution in [0.3, 0.4) is 0 Å². The standard InChI is InChI=1S/C10H19NO.C8H10O2/c1-3-4-9-5-7-11(2)10(9)6-8-12;1-9-7-5-3-4-6-8(7)10-2/h8-10H,3-7H2,1-2H3;3-6H,1-2H3. The Bertz CT molecular complexity index is 411. The fourth-order valence-electron chi connectivity index (χ4n) is 3.05. The van der Waals surface area contributed by atoms with Gasteiger partial charge in [-0.05, 0) is 44.5 Å². The molecule has 124 valence electrons. The number of nitrogens with zero attached hydrogens (tertiary/aromatic N) is 1. The fourth-order valence-corrected chi connectivity index (χ4v) is 3.05. The normalized spacial score (nSPS) is 20.9. The van der Waals surface area contributed by atoms with Crippen LogP contribution in [-0.2, 0) is 4.79 Å². The number of rotatable bonds is 6. The molecule has 0 radical (unpaired) electrons. The molecule has 2 unspecified atom stereocenters. The molecule has 1 aromatic rings. The van der Waals surface area contributed by atoms with Gasteiger partial charge in [-0.15, -0.1) is 0 Å². The van der Waals surface area contributed by atoms with E-state index in [-0.39, 0.29) is 0 Å². The van der Waals surface area contributed by atoms with Gasteiger partial charge in [0.2, 0.25) is 0 Å². The SMILES string of the molecule is CCCC1CCN(C)C1CC=O.COc1ccccc1OC. The Labute approximate surface area is 134 Å². The Balaban J connectivity index is 0.000000224. The molecule has 1 fully saturated rings. The van der Waals surface area contributed by atoms with Crippen molar-refractivity contribution < 1.29 is 14.3 Å². The highest BCUT2D eigenvalue weighted by atomic mass is 16.5. The molecule has 1 heterocycles. The molecule has 4 nitrogen and oxygen atoms in total. The van der Waals surface area contributed by atoms with Crippen molar-refractivity contribution in [2.75, 3.05) is 27.8 Å². The second-order valence-electron chi connectivity index (χ2n) is 5.64. The number of para-hydroxylation sites is 2. The lowest BCUT2D eigenvalue weighted by Gasteiger charge is -2.22. The summed E-state index contributed by atoms with van der Waals surface area (Å²) in [6.07, 6.45) is 5.59. The third-order valence-electron chi connectivity index (χ3n) is 4.25. The number of methoxy groups -OCH3 is 2. The average molecular weight is 307 g/mol. The smallest absolute Gasteiger partial charge is 0.160 e. The van der Waals surface area contributed by atoms with Crippen molar-refractivity contribution in [3.8, 4) is 11.5 Å². The molecule has 0 aliphatic carbocycles. The summed E-state index contributed by atoms with van der Waals surface area (Å²) in [5, 5.41) is 0. The van der Waals surface area contributed by atoms with Gasteiger partial charge in [-0.3, -0.25) is 0 Å². The van der Waals surface area contributed by atoms with Gasteiger partial charge in [-0.25, -0.2) is 0 Å². The molecular weight excluding hydrogens is 278 g/mol. The summed E-state index contributed by atoms with van der Waals surface area (Å²) < 4.78 is 10.0. The molecular formula is C18H29NO3. The van der Waals surface area contributed by atoms with Gasteiger partial charge in [0.15, 0.2) is 11.5 Å². The maximum Gasteiger partial charge on any atom is 0.160 e. The predicted octanol–water partition coefficient (Wildman–Crippen LogP) is 3.40. The zero-order valence-corrected chi connectivity index (χ0v) is 14.2. The summed E-state index contributed by atoms with van der Waals surface area (Å²) in [7, 11) is 5.37. The molecule has 1 aliphatic rings. The van der Waals surface area contributed by atoms with Crippen LogP contribution in [0.15, 0.2) is 24.3 Å². The topological polar surface area (TPSA) is 38.8 Å². The maximum absolute atomic E-state index is 10.4. The number of ether oxygens (including phenoxy) is 2. The van der Waals surface area contributed by atoms with Gasteiger partial charge in [0.05, 0.1) is 14.2 Å². The van der Waals surface area contributed by atoms with Crippen molar-refractivity contribution in [2.45, 2.75) is 38.6 Å². The number of hydrogen-bond acceptors (Lipinski definition) is 4. The van der Waals surface area contributed by atoms with E-state index < -0.39 is 0 Å². The number of carbonyl (C=O) groups excluding carboxylic acids is 1. The first-order valence-electron chi connectivity index (χ1n) is 7.98. The number of hydrogen-bond donors (Lipinski definition) is 0. The minimum atomic E-state index is 0.530. The van der Waals surface area contributed by atoms with Crippen LogP contribution in [0.5, 0.6) is 11.5 Å². The third-order valence-corrected chi connectivity index (χ3v) is 4.25. The summed E-state index contributed by atoms with van der Waals surface area (Å²) in [6.45, 7) is 3.39. The summed E-state index contributed by atoms with van der Waals surface area (Å²) in [6, 6.07) is 8.06. The zero-order valence-electron chi connectivity index (χ0n) is 14.2. The van der Waals surface area contributed by atoms with Gasteiger partial charge in [0.25, 0.3) is 0 Å². The number of carbonyl (C=O) groups is 1. The van der Waals surface area contributed by atoms with Crippen molar-refractivity contribution in [3.63, 3.8) is 0 Å². The second-order valence-corrected chi connectivity index (χ2v) is 5.64. The highest BCUT2D eigenvalue weighted by molar-refractivity contribution is 5.50.